The zero-order valence-corrected chi connectivity index (χ0v) is 18.5. The van der Waals surface area contributed by atoms with Crippen molar-refractivity contribution in [3.05, 3.63) is 35.6 Å². The Labute approximate surface area is 174 Å². The van der Waals surface area contributed by atoms with Crippen LogP contribution >= 0.6 is 0 Å². The Morgan fingerprint density at radius 2 is 1.66 bits per heavy atom. The van der Waals surface area contributed by atoms with Crippen LogP contribution in [0.25, 0.3) is 0 Å². The number of carbonyl (C=O) groups is 2. The van der Waals surface area contributed by atoms with Gasteiger partial charge in [0.05, 0.1) is 6.04 Å². The molecule has 1 aliphatic rings. The Kier molecular flexibility index (Phi) is 7.30. The van der Waals surface area contributed by atoms with Crippen molar-refractivity contribution < 1.29 is 18.7 Å². The molecule has 0 spiro atoms. The minimum atomic E-state index is -0.527. The first-order chi connectivity index (χ1) is 13.3. The minimum absolute atomic E-state index is 0.00636. The fourth-order valence-corrected chi connectivity index (χ4v) is 3.50. The maximum absolute atomic E-state index is 13.3. The van der Waals surface area contributed by atoms with Crippen LogP contribution in [0.5, 0.6) is 0 Å². The second kappa shape index (κ2) is 9.14. The van der Waals surface area contributed by atoms with Gasteiger partial charge in [-0.1, -0.05) is 32.9 Å². The first-order valence-electron chi connectivity index (χ1n) is 10.4. The lowest BCUT2D eigenvalue weighted by Gasteiger charge is -2.34. The molecule has 29 heavy (non-hydrogen) atoms. The zero-order chi connectivity index (χ0) is 21.8. The molecule has 0 aromatic heterocycles. The van der Waals surface area contributed by atoms with Crippen molar-refractivity contribution in [2.24, 2.45) is 11.3 Å². The second-order valence-corrected chi connectivity index (χ2v) is 10.1. The van der Waals surface area contributed by atoms with Crippen LogP contribution in [0.4, 0.5) is 9.18 Å². The zero-order valence-electron chi connectivity index (χ0n) is 18.5. The summed E-state index contributed by atoms with van der Waals surface area (Å²) >= 11 is 0. The van der Waals surface area contributed by atoms with Gasteiger partial charge in [0, 0.05) is 19.0 Å². The molecule has 0 aliphatic carbocycles. The molecule has 0 radical (unpaired) electrons. The van der Waals surface area contributed by atoms with Gasteiger partial charge >= 0.3 is 6.09 Å². The lowest BCUT2D eigenvalue weighted by Crippen LogP contribution is -2.45. The predicted molar refractivity (Wildman–Crippen MR) is 112 cm³/mol. The van der Waals surface area contributed by atoms with Crippen molar-refractivity contribution in [1.29, 1.82) is 0 Å². The molecule has 1 N–H and O–H groups in total. The molecule has 1 heterocycles. The number of nitrogens with one attached hydrogen (secondary N) is 1. The quantitative estimate of drug-likeness (QED) is 0.760. The van der Waals surface area contributed by atoms with Crippen LogP contribution in [0.2, 0.25) is 0 Å². The van der Waals surface area contributed by atoms with Gasteiger partial charge < -0.3 is 15.0 Å². The molecule has 0 saturated carbocycles. The molecule has 0 bridgehead atoms. The first-order valence-corrected chi connectivity index (χ1v) is 10.4. The van der Waals surface area contributed by atoms with E-state index in [4.69, 9.17) is 4.74 Å². The average molecular weight is 407 g/mol. The molecular formula is C23H35FN2O3. The summed E-state index contributed by atoms with van der Waals surface area (Å²) in [7, 11) is 0. The Balaban J connectivity index is 1.98. The Morgan fingerprint density at radius 3 is 2.14 bits per heavy atom. The van der Waals surface area contributed by atoms with Crippen LogP contribution in [-0.4, -0.2) is 35.6 Å². The molecule has 162 valence electrons. The smallest absolute Gasteiger partial charge is 0.410 e. The van der Waals surface area contributed by atoms with Crippen molar-refractivity contribution in [3.8, 4) is 0 Å². The molecular weight excluding hydrogens is 371 g/mol. The molecule has 1 atom stereocenters. The molecule has 1 fully saturated rings. The van der Waals surface area contributed by atoms with Gasteiger partial charge in [-0.15, -0.1) is 0 Å². The Hall–Kier alpha value is -2.11. The van der Waals surface area contributed by atoms with Crippen LogP contribution < -0.4 is 5.32 Å². The van der Waals surface area contributed by atoms with E-state index in [0.717, 1.165) is 12.0 Å². The summed E-state index contributed by atoms with van der Waals surface area (Å²) in [5, 5.41) is 3.17. The van der Waals surface area contributed by atoms with E-state index in [-0.39, 0.29) is 35.2 Å². The summed E-state index contributed by atoms with van der Waals surface area (Å²) in [5.41, 5.74) is 0.383. The number of likely N-dealkylation sites (tertiary alicyclic amines) is 1. The number of hydrogen-bond donors (Lipinski definition) is 1. The van der Waals surface area contributed by atoms with E-state index in [0.29, 0.717) is 25.9 Å². The monoisotopic (exact) mass is 406 g/mol. The third-order valence-corrected chi connectivity index (χ3v) is 4.92. The highest BCUT2D eigenvalue weighted by Crippen LogP contribution is 2.30. The van der Waals surface area contributed by atoms with Crippen molar-refractivity contribution in [3.63, 3.8) is 0 Å². The summed E-state index contributed by atoms with van der Waals surface area (Å²) in [5.74, 6) is -0.437. The maximum Gasteiger partial charge on any atom is 0.410 e. The van der Waals surface area contributed by atoms with E-state index in [1.54, 1.807) is 17.0 Å². The molecule has 1 saturated heterocycles. The van der Waals surface area contributed by atoms with Gasteiger partial charge in [-0.05, 0) is 63.1 Å². The van der Waals surface area contributed by atoms with Gasteiger partial charge in [-0.3, -0.25) is 4.79 Å². The fraction of sp³-hybridized carbons (Fsp3) is 0.652. The average Bonchev–Trinajstić information content (AvgIpc) is 2.59. The van der Waals surface area contributed by atoms with E-state index in [2.05, 4.69) is 26.1 Å². The van der Waals surface area contributed by atoms with Crippen molar-refractivity contribution >= 4 is 12.0 Å². The van der Waals surface area contributed by atoms with Gasteiger partial charge in [0.2, 0.25) is 5.91 Å². The number of rotatable bonds is 4. The predicted octanol–water partition coefficient (Wildman–Crippen LogP) is 5.07. The van der Waals surface area contributed by atoms with E-state index >= 15 is 0 Å². The molecule has 5 nitrogen and oxygen atoms in total. The molecule has 2 amide bonds. The van der Waals surface area contributed by atoms with Gasteiger partial charge in [0.1, 0.15) is 11.4 Å². The van der Waals surface area contributed by atoms with Crippen molar-refractivity contribution in [2.75, 3.05) is 13.1 Å². The van der Waals surface area contributed by atoms with E-state index in [1.165, 1.54) is 12.1 Å². The normalized spacial score (nSPS) is 17.0. The Bertz CT molecular complexity index is 696. The number of halogens is 1. The summed E-state index contributed by atoms with van der Waals surface area (Å²) in [6, 6.07) is 6.15. The third kappa shape index (κ3) is 7.67. The largest absolute Gasteiger partial charge is 0.444 e. The fourth-order valence-electron chi connectivity index (χ4n) is 3.50. The second-order valence-electron chi connectivity index (χ2n) is 10.1. The van der Waals surface area contributed by atoms with Crippen LogP contribution in [-0.2, 0) is 9.53 Å². The highest BCUT2D eigenvalue weighted by molar-refractivity contribution is 5.79. The van der Waals surface area contributed by atoms with Gasteiger partial charge in [-0.2, -0.15) is 0 Å². The Morgan fingerprint density at radius 1 is 1.10 bits per heavy atom. The number of benzene rings is 1. The van der Waals surface area contributed by atoms with E-state index in [9.17, 15) is 14.0 Å². The first kappa shape index (κ1) is 23.2. The number of hydrogen-bond acceptors (Lipinski definition) is 3. The van der Waals surface area contributed by atoms with Crippen LogP contribution in [0, 0.1) is 17.2 Å². The molecule has 2 rings (SSSR count). The molecule has 1 unspecified atom stereocenters. The van der Waals surface area contributed by atoms with Crippen molar-refractivity contribution in [1.82, 2.24) is 10.2 Å². The molecule has 1 aromatic carbocycles. The minimum Gasteiger partial charge on any atom is -0.444 e. The maximum atomic E-state index is 13.3. The molecule has 1 aliphatic heterocycles. The summed E-state index contributed by atoms with van der Waals surface area (Å²) in [6.07, 6.45) is 1.64. The van der Waals surface area contributed by atoms with Gasteiger partial charge in [0.25, 0.3) is 0 Å². The van der Waals surface area contributed by atoms with Crippen molar-refractivity contribution in [2.45, 2.75) is 72.4 Å². The highest BCUT2D eigenvalue weighted by Gasteiger charge is 2.31. The molecule has 1 aromatic rings. The van der Waals surface area contributed by atoms with Crippen LogP contribution in [0.3, 0.4) is 0 Å². The van der Waals surface area contributed by atoms with Crippen LogP contribution in [0.1, 0.15) is 72.4 Å². The van der Waals surface area contributed by atoms with Crippen LogP contribution in [0.15, 0.2) is 24.3 Å². The summed E-state index contributed by atoms with van der Waals surface area (Å²) < 4.78 is 18.7. The third-order valence-electron chi connectivity index (χ3n) is 4.92. The lowest BCUT2D eigenvalue weighted by atomic mass is 9.85. The number of nitrogens with zero attached hydrogens (tertiary/aromatic N) is 1. The SMILES string of the molecule is CC(C)(C)CC(NC(=O)C1CCN(C(=O)OC(C)(C)C)CC1)c1ccc(F)cc1. The molecule has 6 heteroatoms. The van der Waals surface area contributed by atoms with E-state index in [1.807, 2.05) is 20.8 Å². The standard InChI is InChI=1S/C23H35FN2O3/c1-22(2,3)15-19(16-7-9-18(24)10-8-16)25-20(27)17-11-13-26(14-12-17)21(28)29-23(4,5)6/h7-10,17,19H,11-15H2,1-6H3,(H,25,27). The van der Waals surface area contributed by atoms with Gasteiger partial charge in [-0.25, -0.2) is 9.18 Å². The summed E-state index contributed by atoms with van der Waals surface area (Å²) in [4.78, 5) is 26.8. The highest BCUT2D eigenvalue weighted by atomic mass is 19.1. The lowest BCUT2D eigenvalue weighted by molar-refractivity contribution is -0.127. The number of piperidine rings is 1. The van der Waals surface area contributed by atoms with Gasteiger partial charge in [0.15, 0.2) is 0 Å². The topological polar surface area (TPSA) is 58.6 Å². The number of amides is 2. The number of ether oxygens (including phenoxy) is 1. The van der Waals surface area contributed by atoms with E-state index < -0.39 is 5.60 Å². The summed E-state index contributed by atoms with van der Waals surface area (Å²) in [6.45, 7) is 12.9. The number of carbonyl (C=O) groups excluding carboxylic acids is 2.